The lowest BCUT2D eigenvalue weighted by Crippen LogP contribution is -2.08. The van der Waals surface area contributed by atoms with Crippen molar-refractivity contribution < 1.29 is 9.90 Å². The average molecular weight is 285 g/mol. The van der Waals surface area contributed by atoms with E-state index in [9.17, 15) is 9.90 Å². The molecule has 3 rings (SSSR count). The van der Waals surface area contributed by atoms with Gasteiger partial charge < -0.3 is 5.11 Å². The zero-order valence-electron chi connectivity index (χ0n) is 10.4. The number of aliphatic carboxylic acids is 1. The number of hydrogen-bond acceptors (Lipinski definition) is 4. The van der Waals surface area contributed by atoms with Crippen molar-refractivity contribution in [3.63, 3.8) is 0 Å². The number of rotatable bonds is 4. The van der Waals surface area contributed by atoms with Gasteiger partial charge in [0, 0.05) is 6.20 Å². The van der Waals surface area contributed by atoms with Gasteiger partial charge in [-0.1, -0.05) is 48.2 Å². The van der Waals surface area contributed by atoms with Gasteiger partial charge in [0.2, 0.25) is 0 Å². The predicted octanol–water partition coefficient (Wildman–Crippen LogP) is 2.65. The summed E-state index contributed by atoms with van der Waals surface area (Å²) in [5, 5.41) is 17.4. The SMILES string of the molecule is O=C(O)C(Sc1nnc2ccccn12)c1ccccc1. The van der Waals surface area contributed by atoms with Gasteiger partial charge in [-0.15, -0.1) is 10.2 Å². The summed E-state index contributed by atoms with van der Waals surface area (Å²) < 4.78 is 1.78. The van der Waals surface area contributed by atoms with E-state index in [-0.39, 0.29) is 0 Å². The fraction of sp³-hybridized carbons (Fsp3) is 0.0714. The summed E-state index contributed by atoms with van der Waals surface area (Å²) in [7, 11) is 0. The van der Waals surface area contributed by atoms with Crippen molar-refractivity contribution in [3.05, 3.63) is 60.3 Å². The van der Waals surface area contributed by atoms with Crippen LogP contribution in [0, 0.1) is 0 Å². The summed E-state index contributed by atoms with van der Waals surface area (Å²) in [5.41, 5.74) is 1.44. The molecule has 2 aromatic heterocycles. The van der Waals surface area contributed by atoms with Gasteiger partial charge in [-0.25, -0.2) is 0 Å². The van der Waals surface area contributed by atoms with E-state index in [2.05, 4.69) is 10.2 Å². The largest absolute Gasteiger partial charge is 0.480 e. The first-order chi connectivity index (χ1) is 9.75. The molecule has 6 heteroatoms. The maximum atomic E-state index is 11.5. The average Bonchev–Trinajstić information content (AvgIpc) is 2.88. The van der Waals surface area contributed by atoms with Gasteiger partial charge in [0.05, 0.1) is 0 Å². The number of carboxylic acids is 1. The highest BCUT2D eigenvalue weighted by atomic mass is 32.2. The highest BCUT2D eigenvalue weighted by Gasteiger charge is 2.23. The molecule has 0 fully saturated rings. The molecule has 1 unspecified atom stereocenters. The fourth-order valence-electron chi connectivity index (χ4n) is 1.89. The Kier molecular flexibility index (Phi) is 3.39. The van der Waals surface area contributed by atoms with Crippen LogP contribution in [-0.2, 0) is 4.79 Å². The van der Waals surface area contributed by atoms with Crippen LogP contribution in [0.3, 0.4) is 0 Å². The summed E-state index contributed by atoms with van der Waals surface area (Å²) in [6, 6.07) is 14.7. The molecule has 1 atom stereocenters. The molecule has 0 saturated carbocycles. The highest BCUT2D eigenvalue weighted by molar-refractivity contribution is 8.00. The van der Waals surface area contributed by atoms with E-state index in [0.717, 1.165) is 5.56 Å². The first-order valence-electron chi connectivity index (χ1n) is 6.00. The van der Waals surface area contributed by atoms with Crippen LogP contribution in [-0.4, -0.2) is 25.7 Å². The second-order valence-electron chi connectivity index (χ2n) is 4.16. The van der Waals surface area contributed by atoms with Gasteiger partial charge in [-0.2, -0.15) is 0 Å². The zero-order chi connectivity index (χ0) is 13.9. The molecule has 100 valence electrons. The summed E-state index contributed by atoms with van der Waals surface area (Å²) in [5.74, 6) is -0.895. The van der Waals surface area contributed by atoms with Gasteiger partial charge in [0.25, 0.3) is 0 Å². The zero-order valence-corrected chi connectivity index (χ0v) is 11.2. The quantitative estimate of drug-likeness (QED) is 0.746. The molecule has 2 heterocycles. The second kappa shape index (κ2) is 5.34. The molecule has 0 aliphatic carbocycles. The van der Waals surface area contributed by atoms with E-state index in [1.807, 2.05) is 42.6 Å². The Morgan fingerprint density at radius 2 is 1.85 bits per heavy atom. The molecule has 1 aromatic carbocycles. The van der Waals surface area contributed by atoms with Crippen molar-refractivity contribution in [2.75, 3.05) is 0 Å². The third-order valence-electron chi connectivity index (χ3n) is 2.83. The molecule has 1 N–H and O–H groups in total. The maximum absolute atomic E-state index is 11.5. The van der Waals surface area contributed by atoms with Crippen LogP contribution in [0.4, 0.5) is 0 Å². The standard InChI is InChI=1S/C14H11N3O2S/c18-13(19)12(10-6-2-1-3-7-10)20-14-16-15-11-8-4-5-9-17(11)14/h1-9,12H,(H,18,19). The molecule has 0 spiro atoms. The van der Waals surface area contributed by atoms with Crippen molar-refractivity contribution >= 4 is 23.4 Å². The number of thioether (sulfide) groups is 1. The van der Waals surface area contributed by atoms with Crippen LogP contribution in [0.2, 0.25) is 0 Å². The summed E-state index contributed by atoms with van der Waals surface area (Å²) in [6.45, 7) is 0. The minimum Gasteiger partial charge on any atom is -0.480 e. The van der Waals surface area contributed by atoms with Crippen molar-refractivity contribution in [3.8, 4) is 0 Å². The Labute approximate surface area is 119 Å². The smallest absolute Gasteiger partial charge is 0.321 e. The number of hydrogen-bond donors (Lipinski definition) is 1. The van der Waals surface area contributed by atoms with Crippen LogP contribution in [0.25, 0.3) is 5.65 Å². The Morgan fingerprint density at radius 3 is 2.60 bits per heavy atom. The van der Waals surface area contributed by atoms with E-state index >= 15 is 0 Å². The molecule has 0 radical (unpaired) electrons. The molecule has 0 aliphatic heterocycles. The Morgan fingerprint density at radius 1 is 1.10 bits per heavy atom. The van der Waals surface area contributed by atoms with E-state index in [0.29, 0.717) is 10.8 Å². The topological polar surface area (TPSA) is 67.5 Å². The van der Waals surface area contributed by atoms with E-state index in [1.54, 1.807) is 16.5 Å². The number of carbonyl (C=O) groups is 1. The van der Waals surface area contributed by atoms with E-state index in [1.165, 1.54) is 11.8 Å². The van der Waals surface area contributed by atoms with E-state index < -0.39 is 11.2 Å². The summed E-state index contributed by atoms with van der Waals surface area (Å²) in [6.07, 6.45) is 1.82. The van der Waals surface area contributed by atoms with Crippen LogP contribution >= 0.6 is 11.8 Å². The molecular weight excluding hydrogens is 274 g/mol. The lowest BCUT2D eigenvalue weighted by atomic mass is 10.1. The minimum atomic E-state index is -0.895. The van der Waals surface area contributed by atoms with Crippen molar-refractivity contribution in [2.45, 2.75) is 10.4 Å². The third kappa shape index (κ3) is 2.37. The maximum Gasteiger partial charge on any atom is 0.321 e. The lowest BCUT2D eigenvalue weighted by molar-refractivity contribution is -0.136. The Balaban J connectivity index is 1.97. The normalized spacial score (nSPS) is 12.4. The van der Waals surface area contributed by atoms with Gasteiger partial charge >= 0.3 is 5.97 Å². The van der Waals surface area contributed by atoms with Crippen LogP contribution in [0.5, 0.6) is 0 Å². The van der Waals surface area contributed by atoms with Gasteiger partial charge in [0.1, 0.15) is 5.25 Å². The number of carboxylic acid groups (broad SMARTS) is 1. The number of aromatic nitrogens is 3. The number of fused-ring (bicyclic) bond motifs is 1. The number of nitrogens with zero attached hydrogens (tertiary/aromatic N) is 3. The highest BCUT2D eigenvalue weighted by Crippen LogP contribution is 2.34. The molecule has 0 amide bonds. The molecule has 0 saturated heterocycles. The molecule has 0 bridgehead atoms. The van der Waals surface area contributed by atoms with Gasteiger partial charge in [-0.05, 0) is 17.7 Å². The second-order valence-corrected chi connectivity index (χ2v) is 5.23. The number of benzene rings is 1. The van der Waals surface area contributed by atoms with Gasteiger partial charge in [-0.3, -0.25) is 9.20 Å². The van der Waals surface area contributed by atoms with Crippen molar-refractivity contribution in [2.24, 2.45) is 0 Å². The molecule has 20 heavy (non-hydrogen) atoms. The first kappa shape index (κ1) is 12.7. The molecule has 5 nitrogen and oxygen atoms in total. The fourth-order valence-corrected chi connectivity index (χ4v) is 2.85. The van der Waals surface area contributed by atoms with Crippen molar-refractivity contribution in [1.82, 2.24) is 14.6 Å². The minimum absolute atomic E-state index is 0.567. The van der Waals surface area contributed by atoms with Crippen LogP contribution < -0.4 is 0 Å². The third-order valence-corrected chi connectivity index (χ3v) is 4.03. The Bertz CT molecular complexity index is 742. The first-order valence-corrected chi connectivity index (χ1v) is 6.88. The number of pyridine rings is 1. The van der Waals surface area contributed by atoms with Crippen LogP contribution in [0.15, 0.2) is 59.9 Å². The van der Waals surface area contributed by atoms with Gasteiger partial charge in [0.15, 0.2) is 10.8 Å². The lowest BCUT2D eigenvalue weighted by Gasteiger charge is -2.10. The summed E-state index contributed by atoms with van der Waals surface area (Å²) in [4.78, 5) is 11.5. The Hall–Kier alpha value is -2.34. The predicted molar refractivity (Wildman–Crippen MR) is 75.7 cm³/mol. The molecule has 3 aromatic rings. The molecule has 0 aliphatic rings. The van der Waals surface area contributed by atoms with Crippen LogP contribution in [0.1, 0.15) is 10.8 Å². The summed E-state index contributed by atoms with van der Waals surface area (Å²) >= 11 is 1.18. The van der Waals surface area contributed by atoms with E-state index in [4.69, 9.17) is 0 Å². The molecular formula is C14H11N3O2S. The monoisotopic (exact) mass is 285 g/mol. The van der Waals surface area contributed by atoms with Crippen molar-refractivity contribution in [1.29, 1.82) is 0 Å².